The first-order chi connectivity index (χ1) is 13.9. The van der Waals surface area contributed by atoms with Gasteiger partial charge in [-0.05, 0) is 42.3 Å². The molecule has 0 spiro atoms. The summed E-state index contributed by atoms with van der Waals surface area (Å²) in [4.78, 5) is 14.9. The Morgan fingerprint density at radius 1 is 1.14 bits per heavy atom. The van der Waals surface area contributed by atoms with E-state index in [-0.39, 0.29) is 12.5 Å². The van der Waals surface area contributed by atoms with Gasteiger partial charge in [0.1, 0.15) is 5.75 Å². The molecule has 1 aliphatic heterocycles. The second-order valence-electron chi connectivity index (χ2n) is 7.14. The summed E-state index contributed by atoms with van der Waals surface area (Å²) in [5.41, 5.74) is 8.21. The second kappa shape index (κ2) is 7.21. The molecule has 1 aliphatic rings. The maximum Gasteiger partial charge on any atom is 0.257 e. The summed E-state index contributed by atoms with van der Waals surface area (Å²) in [6.07, 6.45) is 0. The fraction of sp³-hybridized carbons (Fsp3) is 0.174. The van der Waals surface area contributed by atoms with Crippen molar-refractivity contribution in [2.24, 2.45) is 0 Å². The van der Waals surface area contributed by atoms with Gasteiger partial charge < -0.3 is 15.6 Å². The van der Waals surface area contributed by atoms with Crippen molar-refractivity contribution >= 4 is 27.5 Å². The zero-order valence-corrected chi connectivity index (χ0v) is 17.7. The predicted octanol–water partition coefficient (Wildman–Crippen LogP) is 4.20. The summed E-state index contributed by atoms with van der Waals surface area (Å²) in [7, 11) is 1.60. The fourth-order valence-corrected chi connectivity index (χ4v) is 4.43. The molecule has 5 nitrogen and oxygen atoms in total. The molecule has 0 bridgehead atoms. The van der Waals surface area contributed by atoms with Crippen molar-refractivity contribution in [1.29, 1.82) is 0 Å². The van der Waals surface area contributed by atoms with Gasteiger partial charge in [-0.3, -0.25) is 9.69 Å². The number of hydrogen-bond acceptors (Lipinski definition) is 4. The maximum atomic E-state index is 13.4. The van der Waals surface area contributed by atoms with Gasteiger partial charge in [0.15, 0.2) is 5.72 Å². The van der Waals surface area contributed by atoms with E-state index in [1.807, 2.05) is 55.5 Å². The highest BCUT2D eigenvalue weighted by Crippen LogP contribution is 2.47. The van der Waals surface area contributed by atoms with Crippen LogP contribution in [0.25, 0.3) is 0 Å². The maximum absolute atomic E-state index is 13.4. The molecule has 0 fully saturated rings. The van der Waals surface area contributed by atoms with Gasteiger partial charge in [0, 0.05) is 27.8 Å². The smallest absolute Gasteiger partial charge is 0.257 e. The number of nitrogens with zero attached hydrogens (tertiary/aromatic N) is 1. The molecule has 3 aromatic rings. The average molecular weight is 453 g/mol. The molecule has 1 heterocycles. The Labute approximate surface area is 177 Å². The van der Waals surface area contributed by atoms with Gasteiger partial charge in [-0.2, -0.15) is 0 Å². The van der Waals surface area contributed by atoms with Crippen molar-refractivity contribution in [3.8, 4) is 5.75 Å². The summed E-state index contributed by atoms with van der Waals surface area (Å²) >= 11 is 3.41. The Bertz CT molecular complexity index is 1100. The third-order valence-electron chi connectivity index (χ3n) is 5.37. The Morgan fingerprint density at radius 3 is 2.48 bits per heavy atom. The third kappa shape index (κ3) is 3.09. The standard InChI is InChI=1S/C23H21BrN2O3/c1-14-5-3-4-6-19(14)23(28)21-18(11-16(24)12-20(21)25)22(27)26(23)13-15-7-9-17(29-2)10-8-15/h3-12,28H,13,25H2,1-2H3. The first kappa shape index (κ1) is 19.5. The van der Waals surface area contributed by atoms with Crippen LogP contribution in [0.2, 0.25) is 0 Å². The molecule has 0 saturated heterocycles. The molecule has 6 heteroatoms. The van der Waals surface area contributed by atoms with Crippen LogP contribution in [-0.2, 0) is 12.3 Å². The average Bonchev–Trinajstić information content (AvgIpc) is 2.91. The van der Waals surface area contributed by atoms with Crippen LogP contribution in [-0.4, -0.2) is 23.0 Å². The molecule has 1 atom stereocenters. The number of methoxy groups -OCH3 is 1. The van der Waals surface area contributed by atoms with Crippen LogP contribution in [0.3, 0.4) is 0 Å². The molecular weight excluding hydrogens is 432 g/mol. The van der Waals surface area contributed by atoms with Crippen LogP contribution in [0.1, 0.15) is 32.6 Å². The highest BCUT2D eigenvalue weighted by Gasteiger charge is 2.51. The molecule has 1 amide bonds. The molecule has 0 radical (unpaired) electrons. The molecular formula is C23H21BrN2O3. The Hall–Kier alpha value is -2.83. The number of hydrogen-bond donors (Lipinski definition) is 2. The van der Waals surface area contributed by atoms with Crippen molar-refractivity contribution in [2.45, 2.75) is 19.2 Å². The van der Waals surface area contributed by atoms with E-state index in [1.54, 1.807) is 19.2 Å². The minimum Gasteiger partial charge on any atom is -0.497 e. The molecule has 4 rings (SSSR count). The normalized spacial score (nSPS) is 18.1. The molecule has 1 unspecified atom stereocenters. The van der Waals surface area contributed by atoms with Crippen LogP contribution < -0.4 is 10.5 Å². The van der Waals surface area contributed by atoms with Gasteiger partial charge in [0.05, 0.1) is 12.7 Å². The lowest BCUT2D eigenvalue weighted by molar-refractivity contribution is -0.0542. The summed E-state index contributed by atoms with van der Waals surface area (Å²) in [6.45, 7) is 2.13. The first-order valence-corrected chi connectivity index (χ1v) is 9.98. The number of nitrogens with two attached hydrogens (primary N) is 1. The number of fused-ring (bicyclic) bond motifs is 1. The monoisotopic (exact) mass is 452 g/mol. The number of aliphatic hydroxyl groups is 1. The minimum absolute atomic E-state index is 0.222. The van der Waals surface area contributed by atoms with Crippen LogP contribution in [0.4, 0.5) is 5.69 Å². The Kier molecular flexibility index (Phi) is 4.84. The number of carbonyl (C=O) groups excluding carboxylic acids is 1. The van der Waals surface area contributed by atoms with Crippen molar-refractivity contribution in [3.63, 3.8) is 0 Å². The van der Waals surface area contributed by atoms with E-state index in [9.17, 15) is 9.90 Å². The highest BCUT2D eigenvalue weighted by atomic mass is 79.9. The molecule has 0 saturated carbocycles. The Balaban J connectivity index is 1.90. The number of halogens is 1. The van der Waals surface area contributed by atoms with E-state index in [1.165, 1.54) is 4.90 Å². The van der Waals surface area contributed by atoms with Gasteiger partial charge in [-0.25, -0.2) is 0 Å². The van der Waals surface area contributed by atoms with E-state index in [2.05, 4.69) is 15.9 Å². The van der Waals surface area contributed by atoms with E-state index >= 15 is 0 Å². The van der Waals surface area contributed by atoms with Crippen LogP contribution in [0.15, 0.2) is 65.1 Å². The molecule has 29 heavy (non-hydrogen) atoms. The number of ether oxygens (including phenoxy) is 1. The molecule has 0 aromatic heterocycles. The topological polar surface area (TPSA) is 75.8 Å². The van der Waals surface area contributed by atoms with Gasteiger partial charge in [-0.15, -0.1) is 0 Å². The zero-order chi connectivity index (χ0) is 20.8. The summed E-state index contributed by atoms with van der Waals surface area (Å²) in [6, 6.07) is 18.4. The number of benzene rings is 3. The van der Waals surface area contributed by atoms with Gasteiger partial charge in [0.2, 0.25) is 0 Å². The molecule has 148 valence electrons. The second-order valence-corrected chi connectivity index (χ2v) is 8.06. The number of nitrogen functional groups attached to an aromatic ring is 1. The van der Waals surface area contributed by atoms with Crippen LogP contribution in [0.5, 0.6) is 5.75 Å². The lowest BCUT2D eigenvalue weighted by Crippen LogP contribution is -2.45. The largest absolute Gasteiger partial charge is 0.497 e. The van der Waals surface area contributed by atoms with E-state index in [0.29, 0.717) is 26.9 Å². The lowest BCUT2D eigenvalue weighted by Gasteiger charge is -2.36. The molecule has 0 aliphatic carbocycles. The quantitative estimate of drug-likeness (QED) is 0.581. The van der Waals surface area contributed by atoms with Crippen LogP contribution >= 0.6 is 15.9 Å². The summed E-state index contributed by atoms with van der Waals surface area (Å²) in [5.74, 6) is 0.460. The minimum atomic E-state index is -1.66. The number of aryl methyl sites for hydroxylation is 1. The van der Waals surface area contributed by atoms with E-state index in [4.69, 9.17) is 10.5 Å². The number of rotatable bonds is 4. The van der Waals surface area contributed by atoms with Gasteiger partial charge in [0.25, 0.3) is 5.91 Å². The Morgan fingerprint density at radius 2 is 1.83 bits per heavy atom. The fourth-order valence-electron chi connectivity index (χ4n) is 3.96. The van der Waals surface area contributed by atoms with Crippen LogP contribution in [0, 0.1) is 6.92 Å². The van der Waals surface area contributed by atoms with E-state index in [0.717, 1.165) is 16.9 Å². The van der Waals surface area contributed by atoms with Crippen molar-refractivity contribution in [2.75, 3.05) is 12.8 Å². The van der Waals surface area contributed by atoms with Crippen molar-refractivity contribution in [3.05, 3.63) is 93.0 Å². The number of amides is 1. The van der Waals surface area contributed by atoms with Crippen molar-refractivity contribution in [1.82, 2.24) is 4.90 Å². The first-order valence-electron chi connectivity index (χ1n) is 9.19. The van der Waals surface area contributed by atoms with Gasteiger partial charge >= 0.3 is 0 Å². The zero-order valence-electron chi connectivity index (χ0n) is 16.1. The molecule has 3 N–H and O–H groups in total. The SMILES string of the molecule is COc1ccc(CN2C(=O)c3cc(Br)cc(N)c3C2(O)c2ccccc2C)cc1. The third-order valence-corrected chi connectivity index (χ3v) is 5.83. The number of anilines is 1. The molecule has 3 aromatic carbocycles. The lowest BCUT2D eigenvalue weighted by atomic mass is 9.89. The number of carbonyl (C=O) groups is 1. The van der Waals surface area contributed by atoms with Crippen molar-refractivity contribution < 1.29 is 14.6 Å². The predicted molar refractivity (Wildman–Crippen MR) is 116 cm³/mol. The highest BCUT2D eigenvalue weighted by molar-refractivity contribution is 9.10. The summed E-state index contributed by atoms with van der Waals surface area (Å²) < 4.78 is 5.91. The van der Waals surface area contributed by atoms with E-state index < -0.39 is 5.72 Å². The van der Waals surface area contributed by atoms with Gasteiger partial charge in [-0.1, -0.05) is 52.3 Å². The summed E-state index contributed by atoms with van der Waals surface area (Å²) in [5, 5.41) is 12.0.